The van der Waals surface area contributed by atoms with Gasteiger partial charge in [0.1, 0.15) is 6.04 Å². The standard InChI is InChI=1S/C13H24N2O4/c1-3-8(2)11(12(17)18)15-13(19)14-9-6-4-5-7-10(9)16/h8-11,16H,3-7H2,1-2H3,(H,17,18)(H2,14,15,19)/t8?,9?,10?,11-/m0/s1. The zero-order valence-electron chi connectivity index (χ0n) is 11.6. The first-order valence-electron chi connectivity index (χ1n) is 6.93. The number of hydrogen-bond acceptors (Lipinski definition) is 3. The predicted molar refractivity (Wildman–Crippen MR) is 70.8 cm³/mol. The Balaban J connectivity index is 2.50. The second-order valence-corrected chi connectivity index (χ2v) is 5.28. The summed E-state index contributed by atoms with van der Waals surface area (Å²) in [6, 6.07) is -1.69. The summed E-state index contributed by atoms with van der Waals surface area (Å²) < 4.78 is 0. The van der Waals surface area contributed by atoms with Crippen LogP contribution < -0.4 is 10.6 Å². The number of aliphatic hydroxyl groups excluding tert-OH is 1. The first kappa shape index (κ1) is 15.8. The molecule has 4 N–H and O–H groups in total. The van der Waals surface area contributed by atoms with Gasteiger partial charge in [-0.1, -0.05) is 33.1 Å². The van der Waals surface area contributed by atoms with Crippen LogP contribution in [0, 0.1) is 5.92 Å². The molecule has 0 aromatic heterocycles. The van der Waals surface area contributed by atoms with E-state index >= 15 is 0 Å². The molecular formula is C13H24N2O4. The second kappa shape index (κ2) is 7.33. The quantitative estimate of drug-likeness (QED) is 0.602. The summed E-state index contributed by atoms with van der Waals surface area (Å²) in [6.45, 7) is 3.67. The van der Waals surface area contributed by atoms with Crippen LogP contribution >= 0.6 is 0 Å². The van der Waals surface area contributed by atoms with E-state index < -0.39 is 24.1 Å². The summed E-state index contributed by atoms with van der Waals surface area (Å²) in [5.41, 5.74) is 0. The van der Waals surface area contributed by atoms with E-state index in [9.17, 15) is 14.7 Å². The van der Waals surface area contributed by atoms with Crippen LogP contribution in [-0.4, -0.2) is 40.4 Å². The molecule has 0 saturated heterocycles. The van der Waals surface area contributed by atoms with Gasteiger partial charge in [-0.2, -0.15) is 0 Å². The largest absolute Gasteiger partial charge is 0.480 e. The minimum Gasteiger partial charge on any atom is -0.480 e. The lowest BCUT2D eigenvalue weighted by atomic mass is 9.93. The van der Waals surface area contributed by atoms with Gasteiger partial charge in [0.15, 0.2) is 0 Å². The number of carboxylic acids is 1. The molecule has 1 saturated carbocycles. The van der Waals surface area contributed by atoms with Gasteiger partial charge < -0.3 is 20.8 Å². The number of carbonyl (C=O) groups excluding carboxylic acids is 1. The van der Waals surface area contributed by atoms with E-state index in [-0.39, 0.29) is 12.0 Å². The summed E-state index contributed by atoms with van der Waals surface area (Å²) in [7, 11) is 0. The molecule has 3 unspecified atom stereocenters. The van der Waals surface area contributed by atoms with Crippen molar-refractivity contribution in [1.29, 1.82) is 0 Å². The lowest BCUT2D eigenvalue weighted by Crippen LogP contribution is -2.54. The molecule has 0 heterocycles. The Hall–Kier alpha value is -1.30. The number of hydrogen-bond donors (Lipinski definition) is 4. The molecule has 1 aliphatic carbocycles. The lowest BCUT2D eigenvalue weighted by Gasteiger charge is -2.29. The van der Waals surface area contributed by atoms with Crippen molar-refractivity contribution in [2.75, 3.05) is 0 Å². The Bertz CT molecular complexity index is 322. The maximum absolute atomic E-state index is 11.8. The molecule has 1 rings (SSSR count). The fourth-order valence-corrected chi connectivity index (χ4v) is 2.31. The van der Waals surface area contributed by atoms with Gasteiger partial charge in [-0.3, -0.25) is 0 Å². The Morgan fingerprint density at radius 2 is 1.95 bits per heavy atom. The highest BCUT2D eigenvalue weighted by atomic mass is 16.4. The molecular weight excluding hydrogens is 248 g/mol. The summed E-state index contributed by atoms with van der Waals surface area (Å²) in [5.74, 6) is -1.17. The van der Waals surface area contributed by atoms with Crippen LogP contribution in [-0.2, 0) is 4.79 Å². The van der Waals surface area contributed by atoms with E-state index in [1.165, 1.54) is 0 Å². The van der Waals surface area contributed by atoms with Crippen molar-refractivity contribution in [1.82, 2.24) is 10.6 Å². The number of carbonyl (C=O) groups is 2. The molecule has 19 heavy (non-hydrogen) atoms. The molecule has 110 valence electrons. The predicted octanol–water partition coefficient (Wildman–Crippen LogP) is 1.09. The molecule has 6 nitrogen and oxygen atoms in total. The van der Waals surface area contributed by atoms with E-state index in [1.807, 2.05) is 6.92 Å². The maximum Gasteiger partial charge on any atom is 0.326 e. The van der Waals surface area contributed by atoms with Gasteiger partial charge in [0.05, 0.1) is 12.1 Å². The first-order valence-corrected chi connectivity index (χ1v) is 6.93. The topological polar surface area (TPSA) is 98.7 Å². The maximum atomic E-state index is 11.8. The van der Waals surface area contributed by atoms with E-state index in [1.54, 1.807) is 6.92 Å². The van der Waals surface area contributed by atoms with Gasteiger partial charge in [-0.05, 0) is 18.8 Å². The monoisotopic (exact) mass is 272 g/mol. The average molecular weight is 272 g/mol. The Kier molecular flexibility index (Phi) is 6.08. The molecule has 1 fully saturated rings. The summed E-state index contributed by atoms with van der Waals surface area (Å²) >= 11 is 0. The smallest absolute Gasteiger partial charge is 0.326 e. The molecule has 0 aromatic rings. The molecule has 0 spiro atoms. The van der Waals surface area contributed by atoms with Crippen molar-refractivity contribution < 1.29 is 19.8 Å². The van der Waals surface area contributed by atoms with E-state index in [2.05, 4.69) is 10.6 Å². The van der Waals surface area contributed by atoms with Crippen molar-refractivity contribution in [3.63, 3.8) is 0 Å². The van der Waals surface area contributed by atoms with Gasteiger partial charge >= 0.3 is 12.0 Å². The van der Waals surface area contributed by atoms with Crippen molar-refractivity contribution in [2.45, 2.75) is 64.1 Å². The number of nitrogens with one attached hydrogen (secondary N) is 2. The zero-order valence-corrected chi connectivity index (χ0v) is 11.6. The second-order valence-electron chi connectivity index (χ2n) is 5.28. The third-order valence-electron chi connectivity index (χ3n) is 3.81. The van der Waals surface area contributed by atoms with Gasteiger partial charge in [0.25, 0.3) is 0 Å². The third-order valence-corrected chi connectivity index (χ3v) is 3.81. The first-order chi connectivity index (χ1) is 8.95. The van der Waals surface area contributed by atoms with Crippen LogP contribution in [0.5, 0.6) is 0 Å². The van der Waals surface area contributed by atoms with E-state index in [0.29, 0.717) is 12.8 Å². The van der Waals surface area contributed by atoms with Crippen molar-refractivity contribution in [3.8, 4) is 0 Å². The van der Waals surface area contributed by atoms with Gasteiger partial charge in [0.2, 0.25) is 0 Å². The van der Waals surface area contributed by atoms with Crippen LogP contribution in [0.2, 0.25) is 0 Å². The van der Waals surface area contributed by atoms with Crippen LogP contribution in [0.25, 0.3) is 0 Å². The molecule has 2 amide bonds. The highest BCUT2D eigenvalue weighted by Gasteiger charge is 2.28. The van der Waals surface area contributed by atoms with Gasteiger partial charge in [-0.25, -0.2) is 9.59 Å². The number of aliphatic hydroxyl groups is 1. The zero-order chi connectivity index (χ0) is 14.4. The normalized spacial score (nSPS) is 26.3. The lowest BCUT2D eigenvalue weighted by molar-refractivity contribution is -0.140. The van der Waals surface area contributed by atoms with Crippen molar-refractivity contribution >= 4 is 12.0 Å². The number of rotatable bonds is 5. The fourth-order valence-electron chi connectivity index (χ4n) is 2.31. The van der Waals surface area contributed by atoms with Gasteiger partial charge in [0, 0.05) is 0 Å². The minimum atomic E-state index is -1.03. The van der Waals surface area contributed by atoms with Gasteiger partial charge in [-0.15, -0.1) is 0 Å². The fraction of sp³-hybridized carbons (Fsp3) is 0.846. The SMILES string of the molecule is CCC(C)[C@H](NC(=O)NC1CCCCC1O)C(=O)O. The van der Waals surface area contributed by atoms with Crippen LogP contribution in [0.4, 0.5) is 4.79 Å². The molecule has 4 atom stereocenters. The highest BCUT2D eigenvalue weighted by molar-refractivity contribution is 5.82. The highest BCUT2D eigenvalue weighted by Crippen LogP contribution is 2.18. The molecule has 0 radical (unpaired) electrons. The molecule has 0 bridgehead atoms. The average Bonchev–Trinajstić information content (AvgIpc) is 2.37. The van der Waals surface area contributed by atoms with E-state index in [0.717, 1.165) is 19.3 Å². The Labute approximate surface area is 113 Å². The molecule has 6 heteroatoms. The molecule has 0 aliphatic heterocycles. The summed E-state index contributed by atoms with van der Waals surface area (Å²) in [4.78, 5) is 22.9. The Morgan fingerprint density at radius 1 is 1.32 bits per heavy atom. The van der Waals surface area contributed by atoms with Crippen LogP contribution in [0.3, 0.4) is 0 Å². The minimum absolute atomic E-state index is 0.139. The van der Waals surface area contributed by atoms with Crippen LogP contribution in [0.1, 0.15) is 46.0 Å². The number of aliphatic carboxylic acids is 1. The molecule has 1 aliphatic rings. The third kappa shape index (κ3) is 4.70. The van der Waals surface area contributed by atoms with Crippen LogP contribution in [0.15, 0.2) is 0 Å². The number of amides is 2. The summed E-state index contributed by atoms with van der Waals surface area (Å²) in [5, 5.41) is 24.0. The Morgan fingerprint density at radius 3 is 2.47 bits per heavy atom. The number of urea groups is 1. The van der Waals surface area contributed by atoms with Crippen molar-refractivity contribution in [3.05, 3.63) is 0 Å². The summed E-state index contributed by atoms with van der Waals surface area (Å²) in [6.07, 6.45) is 3.48. The number of carboxylic acid groups (broad SMARTS) is 1. The van der Waals surface area contributed by atoms with E-state index in [4.69, 9.17) is 5.11 Å². The molecule has 0 aromatic carbocycles. The van der Waals surface area contributed by atoms with Crippen molar-refractivity contribution in [2.24, 2.45) is 5.92 Å².